The van der Waals surface area contributed by atoms with E-state index in [1.54, 1.807) is 24.3 Å². The number of aromatic hydroxyl groups is 4. The molecule has 0 bridgehead atoms. The van der Waals surface area contributed by atoms with E-state index in [9.17, 15) is 20.4 Å². The van der Waals surface area contributed by atoms with E-state index in [0.29, 0.717) is 27.7 Å². The SMILES string of the molecule is N[C@H](CCSc1cccc(O)c1O)CSc1cccc(O)c1O. The summed E-state index contributed by atoms with van der Waals surface area (Å²) in [5.74, 6) is 0.801. The summed E-state index contributed by atoms with van der Waals surface area (Å²) in [5, 5.41) is 38.3. The fraction of sp³-hybridized carbons (Fsp3) is 0.250. The number of rotatable bonds is 7. The highest BCUT2D eigenvalue weighted by atomic mass is 32.2. The van der Waals surface area contributed by atoms with Gasteiger partial charge in [-0.2, -0.15) is 0 Å². The van der Waals surface area contributed by atoms with Crippen molar-refractivity contribution in [3.8, 4) is 23.0 Å². The lowest BCUT2D eigenvalue weighted by atomic mass is 10.3. The van der Waals surface area contributed by atoms with Gasteiger partial charge in [0, 0.05) is 11.8 Å². The van der Waals surface area contributed by atoms with Crippen LogP contribution in [0.5, 0.6) is 23.0 Å². The third-order valence-electron chi connectivity index (χ3n) is 3.15. The molecule has 0 unspecified atom stereocenters. The standard InChI is InChI=1S/C16H19NO4S2/c17-10(9-23-14-6-2-4-12(19)16(14)21)7-8-22-13-5-1-3-11(18)15(13)20/h1-6,10,18-21H,7-9,17H2/t10-/m1/s1. The average molecular weight is 353 g/mol. The van der Waals surface area contributed by atoms with Gasteiger partial charge in [-0.05, 0) is 36.4 Å². The monoisotopic (exact) mass is 353 g/mol. The van der Waals surface area contributed by atoms with Gasteiger partial charge in [-0.1, -0.05) is 12.1 Å². The Morgan fingerprint density at radius 1 is 0.826 bits per heavy atom. The molecular weight excluding hydrogens is 334 g/mol. The van der Waals surface area contributed by atoms with Crippen molar-refractivity contribution in [1.29, 1.82) is 0 Å². The lowest BCUT2D eigenvalue weighted by Crippen LogP contribution is -2.23. The van der Waals surface area contributed by atoms with Crippen LogP contribution in [0.4, 0.5) is 0 Å². The van der Waals surface area contributed by atoms with Gasteiger partial charge in [-0.3, -0.25) is 0 Å². The average Bonchev–Trinajstić information content (AvgIpc) is 2.53. The van der Waals surface area contributed by atoms with Crippen LogP contribution in [0.1, 0.15) is 6.42 Å². The first-order valence-corrected chi connectivity index (χ1v) is 8.99. The Labute approximate surface area is 143 Å². The zero-order valence-electron chi connectivity index (χ0n) is 12.3. The Kier molecular flexibility index (Phi) is 6.32. The molecule has 2 rings (SSSR count). The summed E-state index contributed by atoms with van der Waals surface area (Å²) in [7, 11) is 0. The van der Waals surface area contributed by atoms with Crippen LogP contribution in [0.3, 0.4) is 0 Å². The van der Waals surface area contributed by atoms with Crippen LogP contribution in [0, 0.1) is 0 Å². The second-order valence-corrected chi connectivity index (χ2v) is 7.15. The molecule has 0 aliphatic heterocycles. The Morgan fingerprint density at radius 2 is 1.35 bits per heavy atom. The first-order chi connectivity index (χ1) is 11.0. The number of thioether (sulfide) groups is 2. The molecule has 23 heavy (non-hydrogen) atoms. The quantitative estimate of drug-likeness (QED) is 0.384. The summed E-state index contributed by atoms with van der Waals surface area (Å²) in [6.45, 7) is 0. The molecule has 0 spiro atoms. The van der Waals surface area contributed by atoms with E-state index in [1.165, 1.54) is 35.7 Å². The Bertz CT molecular complexity index is 667. The number of nitrogens with two attached hydrogens (primary N) is 1. The fourth-order valence-electron chi connectivity index (χ4n) is 1.85. The Morgan fingerprint density at radius 3 is 1.91 bits per heavy atom. The molecule has 0 aromatic heterocycles. The molecule has 2 aromatic rings. The maximum absolute atomic E-state index is 9.72. The van der Waals surface area contributed by atoms with E-state index in [2.05, 4.69) is 0 Å². The summed E-state index contributed by atoms with van der Waals surface area (Å²) in [6.07, 6.45) is 0.715. The summed E-state index contributed by atoms with van der Waals surface area (Å²) in [5.41, 5.74) is 6.05. The van der Waals surface area contributed by atoms with Crippen LogP contribution < -0.4 is 5.73 Å². The van der Waals surface area contributed by atoms with Gasteiger partial charge in [0.15, 0.2) is 23.0 Å². The van der Waals surface area contributed by atoms with Crippen LogP contribution in [0.25, 0.3) is 0 Å². The molecule has 0 heterocycles. The Balaban J connectivity index is 1.78. The number of hydrogen-bond acceptors (Lipinski definition) is 7. The van der Waals surface area contributed by atoms with Crippen molar-refractivity contribution in [1.82, 2.24) is 0 Å². The predicted octanol–water partition coefficient (Wildman–Crippen LogP) is 3.11. The lowest BCUT2D eigenvalue weighted by molar-refractivity contribution is 0.395. The van der Waals surface area contributed by atoms with E-state index in [-0.39, 0.29) is 29.0 Å². The van der Waals surface area contributed by atoms with Gasteiger partial charge in [0.1, 0.15) is 0 Å². The zero-order chi connectivity index (χ0) is 16.8. The normalized spacial score (nSPS) is 12.2. The Hall–Kier alpha value is -1.70. The van der Waals surface area contributed by atoms with Gasteiger partial charge in [0.25, 0.3) is 0 Å². The van der Waals surface area contributed by atoms with Gasteiger partial charge in [-0.15, -0.1) is 23.5 Å². The second kappa shape index (κ2) is 8.24. The third-order valence-corrected chi connectivity index (χ3v) is 5.47. The molecule has 7 heteroatoms. The van der Waals surface area contributed by atoms with Crippen molar-refractivity contribution in [2.24, 2.45) is 5.73 Å². The molecule has 0 aliphatic carbocycles. The van der Waals surface area contributed by atoms with Crippen LogP contribution in [-0.2, 0) is 0 Å². The molecule has 0 aliphatic rings. The van der Waals surface area contributed by atoms with E-state index in [1.807, 2.05) is 0 Å². The zero-order valence-corrected chi connectivity index (χ0v) is 14.0. The first-order valence-electron chi connectivity index (χ1n) is 7.02. The van der Waals surface area contributed by atoms with Crippen molar-refractivity contribution in [2.45, 2.75) is 22.3 Å². The molecule has 1 atom stereocenters. The third kappa shape index (κ3) is 4.89. The minimum atomic E-state index is -0.140. The minimum absolute atomic E-state index is 0.0892. The number of phenolic OH excluding ortho intramolecular Hbond substituents is 4. The maximum atomic E-state index is 9.72. The van der Waals surface area contributed by atoms with Gasteiger partial charge in [0.05, 0.1) is 9.79 Å². The predicted molar refractivity (Wildman–Crippen MR) is 93.6 cm³/mol. The van der Waals surface area contributed by atoms with Crippen molar-refractivity contribution < 1.29 is 20.4 Å². The van der Waals surface area contributed by atoms with Crippen molar-refractivity contribution in [3.63, 3.8) is 0 Å². The molecule has 0 amide bonds. The topological polar surface area (TPSA) is 107 Å². The van der Waals surface area contributed by atoms with Crippen LogP contribution in [-0.4, -0.2) is 38.0 Å². The van der Waals surface area contributed by atoms with Crippen molar-refractivity contribution in [3.05, 3.63) is 36.4 Å². The van der Waals surface area contributed by atoms with Gasteiger partial charge in [-0.25, -0.2) is 0 Å². The summed E-state index contributed by atoms with van der Waals surface area (Å²) < 4.78 is 0. The molecule has 6 N–H and O–H groups in total. The molecule has 0 radical (unpaired) electrons. The largest absolute Gasteiger partial charge is 0.504 e. The smallest absolute Gasteiger partial charge is 0.171 e. The molecule has 5 nitrogen and oxygen atoms in total. The van der Waals surface area contributed by atoms with Gasteiger partial charge < -0.3 is 26.2 Å². The maximum Gasteiger partial charge on any atom is 0.171 e. The molecular formula is C16H19NO4S2. The first kappa shape index (κ1) is 17.7. The highest BCUT2D eigenvalue weighted by molar-refractivity contribution is 7.99. The van der Waals surface area contributed by atoms with E-state index in [4.69, 9.17) is 5.73 Å². The van der Waals surface area contributed by atoms with Crippen molar-refractivity contribution in [2.75, 3.05) is 11.5 Å². The number of hydrogen-bond donors (Lipinski definition) is 5. The molecule has 0 saturated carbocycles. The molecule has 2 aromatic carbocycles. The summed E-state index contributed by atoms with van der Waals surface area (Å²) in [6, 6.07) is 9.59. The van der Waals surface area contributed by atoms with E-state index in [0.717, 1.165) is 0 Å². The van der Waals surface area contributed by atoms with Gasteiger partial charge >= 0.3 is 0 Å². The second-order valence-electron chi connectivity index (χ2n) is 4.96. The van der Waals surface area contributed by atoms with Gasteiger partial charge in [0.2, 0.25) is 0 Å². The molecule has 0 saturated heterocycles. The minimum Gasteiger partial charge on any atom is -0.504 e. The fourth-order valence-corrected chi connectivity index (χ4v) is 3.89. The molecule has 124 valence electrons. The van der Waals surface area contributed by atoms with E-state index < -0.39 is 0 Å². The highest BCUT2D eigenvalue weighted by Gasteiger charge is 2.11. The summed E-state index contributed by atoms with van der Waals surface area (Å²) >= 11 is 2.82. The number of benzene rings is 2. The summed E-state index contributed by atoms with van der Waals surface area (Å²) in [4.78, 5) is 1.22. The van der Waals surface area contributed by atoms with Crippen molar-refractivity contribution >= 4 is 23.5 Å². The van der Waals surface area contributed by atoms with Crippen LogP contribution in [0.15, 0.2) is 46.2 Å². The van der Waals surface area contributed by atoms with Crippen LogP contribution in [0.2, 0.25) is 0 Å². The number of phenols is 4. The van der Waals surface area contributed by atoms with Crippen LogP contribution >= 0.6 is 23.5 Å². The lowest BCUT2D eigenvalue weighted by Gasteiger charge is -2.12. The molecule has 0 fully saturated rings. The highest BCUT2D eigenvalue weighted by Crippen LogP contribution is 2.37. The van der Waals surface area contributed by atoms with E-state index >= 15 is 0 Å². The number of para-hydroxylation sites is 2.